The van der Waals surface area contributed by atoms with E-state index in [2.05, 4.69) is 4.90 Å². The maximum atomic E-state index is 14.7. The van der Waals surface area contributed by atoms with Crippen molar-refractivity contribution in [1.82, 2.24) is 4.90 Å². The Morgan fingerprint density at radius 1 is 0.833 bits per heavy atom. The van der Waals surface area contributed by atoms with E-state index in [1.54, 1.807) is 25.3 Å². The highest BCUT2D eigenvalue weighted by Crippen LogP contribution is 2.52. The van der Waals surface area contributed by atoms with Gasteiger partial charge in [-0.1, -0.05) is 54.6 Å². The fourth-order valence-electron chi connectivity index (χ4n) is 6.53. The summed E-state index contributed by atoms with van der Waals surface area (Å²) >= 11 is 0. The van der Waals surface area contributed by atoms with Gasteiger partial charge in [0, 0.05) is 48.9 Å². The maximum Gasteiger partial charge on any atom is 0.344 e. The molecule has 7 heteroatoms. The van der Waals surface area contributed by atoms with Crippen molar-refractivity contribution >= 4 is 22.4 Å². The van der Waals surface area contributed by atoms with Crippen molar-refractivity contribution < 1.29 is 18.3 Å². The van der Waals surface area contributed by atoms with Gasteiger partial charge in [0.2, 0.25) is 5.91 Å². The molecule has 1 amide bonds. The van der Waals surface area contributed by atoms with Crippen molar-refractivity contribution in [3.05, 3.63) is 130 Å². The quantitative estimate of drug-likeness (QED) is 0.263. The lowest BCUT2D eigenvalue weighted by molar-refractivity contribution is -0.133. The number of halogens is 1. The molecule has 0 N–H and O–H groups in total. The van der Waals surface area contributed by atoms with Crippen LogP contribution < -0.4 is 15.3 Å². The van der Waals surface area contributed by atoms with E-state index >= 15 is 0 Å². The van der Waals surface area contributed by atoms with E-state index in [1.807, 2.05) is 71.6 Å². The molecule has 0 bridgehead atoms. The Labute approximate surface area is 242 Å². The van der Waals surface area contributed by atoms with Crippen molar-refractivity contribution in [1.29, 1.82) is 0 Å². The highest BCUT2D eigenvalue weighted by atomic mass is 19.1. The van der Waals surface area contributed by atoms with Crippen LogP contribution in [0.3, 0.4) is 0 Å². The molecule has 1 saturated heterocycles. The molecule has 5 aromatic rings. The van der Waals surface area contributed by atoms with E-state index in [0.29, 0.717) is 37.3 Å². The zero-order valence-electron chi connectivity index (χ0n) is 23.1. The number of piperazine rings is 1. The summed E-state index contributed by atoms with van der Waals surface area (Å²) in [6.07, 6.45) is 0. The Bertz CT molecular complexity index is 1840. The molecule has 1 aliphatic heterocycles. The number of anilines is 1. The molecule has 0 radical (unpaired) electrons. The van der Waals surface area contributed by atoms with E-state index in [0.717, 1.165) is 39.1 Å². The van der Waals surface area contributed by atoms with Crippen molar-refractivity contribution in [3.63, 3.8) is 0 Å². The first-order valence-corrected chi connectivity index (χ1v) is 14.1. The predicted octanol–water partition coefficient (Wildman–Crippen LogP) is 6.19. The average Bonchev–Trinajstić information content (AvgIpc) is 3.04. The number of carbonyl (C=O) groups excluding carboxylic acids is 1. The van der Waals surface area contributed by atoms with Crippen LogP contribution in [-0.4, -0.2) is 44.1 Å². The number of methoxy groups -OCH3 is 1. The first-order chi connectivity index (χ1) is 20.5. The van der Waals surface area contributed by atoms with Crippen molar-refractivity contribution in [2.24, 2.45) is 0 Å². The second kappa shape index (κ2) is 10.5. The Hall–Kier alpha value is -4.91. The Morgan fingerprint density at radius 3 is 2.21 bits per heavy atom. The van der Waals surface area contributed by atoms with Gasteiger partial charge in [-0.05, 0) is 59.0 Å². The predicted molar refractivity (Wildman–Crippen MR) is 161 cm³/mol. The van der Waals surface area contributed by atoms with Crippen LogP contribution in [0.1, 0.15) is 28.5 Å². The van der Waals surface area contributed by atoms with Gasteiger partial charge in [0.05, 0.1) is 18.4 Å². The molecule has 6 nitrogen and oxygen atoms in total. The summed E-state index contributed by atoms with van der Waals surface area (Å²) in [5.41, 5.74) is 3.94. The van der Waals surface area contributed by atoms with Crippen LogP contribution in [0.4, 0.5) is 10.1 Å². The molecular formula is C35H29FN2O4. The fourth-order valence-corrected chi connectivity index (χ4v) is 6.53. The van der Waals surface area contributed by atoms with Gasteiger partial charge in [0.1, 0.15) is 17.3 Å². The number of ether oxygens (including phenoxy) is 1. The zero-order chi connectivity index (χ0) is 28.8. The van der Waals surface area contributed by atoms with Crippen LogP contribution in [0.2, 0.25) is 0 Å². The monoisotopic (exact) mass is 560 g/mol. The van der Waals surface area contributed by atoms with Gasteiger partial charge >= 0.3 is 5.63 Å². The number of fused-ring (bicyclic) bond motifs is 5. The fraction of sp³-hybridized carbons (Fsp3) is 0.200. The number of hydrogen-bond donors (Lipinski definition) is 0. The molecule has 0 spiro atoms. The van der Waals surface area contributed by atoms with Gasteiger partial charge in [-0.15, -0.1) is 0 Å². The summed E-state index contributed by atoms with van der Waals surface area (Å²) in [5.74, 6) is 0.0766. The third kappa shape index (κ3) is 4.33. The Balaban J connectivity index is 1.35. The molecule has 2 unspecified atom stereocenters. The molecule has 1 aromatic heterocycles. The molecule has 1 fully saturated rings. The van der Waals surface area contributed by atoms with Gasteiger partial charge in [0.25, 0.3) is 0 Å². The van der Waals surface area contributed by atoms with Crippen molar-refractivity contribution in [2.45, 2.75) is 11.8 Å². The minimum Gasteiger partial charge on any atom is -0.497 e. The molecule has 7 rings (SSSR count). The number of amides is 1. The Morgan fingerprint density at radius 2 is 1.50 bits per heavy atom. The maximum absolute atomic E-state index is 14.7. The smallest absolute Gasteiger partial charge is 0.344 e. The van der Waals surface area contributed by atoms with Crippen LogP contribution in [0.25, 0.3) is 22.1 Å². The highest BCUT2D eigenvalue weighted by molar-refractivity contribution is 5.97. The Kier molecular flexibility index (Phi) is 6.50. The topological polar surface area (TPSA) is 63.0 Å². The summed E-state index contributed by atoms with van der Waals surface area (Å²) in [5, 5.41) is 1.28. The largest absolute Gasteiger partial charge is 0.497 e. The first kappa shape index (κ1) is 26.0. The first-order valence-electron chi connectivity index (χ1n) is 14.1. The number of nitrogens with zero attached hydrogens (tertiary/aromatic N) is 2. The number of rotatable bonds is 4. The number of hydrogen-bond acceptors (Lipinski definition) is 5. The molecular weight excluding hydrogens is 531 g/mol. The van der Waals surface area contributed by atoms with Gasteiger partial charge in [-0.2, -0.15) is 0 Å². The summed E-state index contributed by atoms with van der Waals surface area (Å²) in [6, 6.07) is 29.5. The lowest BCUT2D eigenvalue weighted by Crippen LogP contribution is -2.51. The second-order valence-corrected chi connectivity index (χ2v) is 10.8. The molecule has 2 heterocycles. The van der Waals surface area contributed by atoms with E-state index in [9.17, 15) is 14.0 Å². The zero-order valence-corrected chi connectivity index (χ0v) is 23.1. The van der Waals surface area contributed by atoms with E-state index in [1.165, 1.54) is 12.1 Å². The van der Waals surface area contributed by atoms with Crippen LogP contribution in [0.15, 0.2) is 106 Å². The van der Waals surface area contributed by atoms with Crippen LogP contribution >= 0.6 is 0 Å². The minimum absolute atomic E-state index is 0.0305. The standard InChI is InChI=1S/C35H29FN2O4/c1-41-25-16-10-22(11-17-25)30-31-27-7-3-5-9-29(27)35(40)42-33(31)28-8-4-2-6-26(28)32(30)34(39)38-20-18-37(19-21-38)24-14-12-23(36)13-15-24/h2-17,30,32H,18-21H2,1H3. The summed E-state index contributed by atoms with van der Waals surface area (Å²) < 4.78 is 25.0. The minimum atomic E-state index is -0.532. The van der Waals surface area contributed by atoms with Gasteiger partial charge in [-0.3, -0.25) is 4.79 Å². The van der Waals surface area contributed by atoms with Crippen molar-refractivity contribution in [2.75, 3.05) is 38.2 Å². The molecule has 2 atom stereocenters. The third-order valence-electron chi connectivity index (χ3n) is 8.59. The normalized spacial score (nSPS) is 18.0. The summed E-state index contributed by atoms with van der Waals surface area (Å²) in [7, 11) is 1.63. The van der Waals surface area contributed by atoms with Crippen molar-refractivity contribution in [3.8, 4) is 17.1 Å². The third-order valence-corrected chi connectivity index (χ3v) is 8.59. The van der Waals surface area contributed by atoms with Gasteiger partial charge < -0.3 is 19.0 Å². The van der Waals surface area contributed by atoms with Crippen LogP contribution in [-0.2, 0) is 4.79 Å². The SMILES string of the molecule is COc1ccc(C2c3c(oc(=O)c4ccccc34)-c3ccccc3C2C(=O)N2CCN(c3ccc(F)cc3)CC2)cc1. The van der Waals surface area contributed by atoms with Crippen LogP contribution in [0, 0.1) is 5.82 Å². The van der Waals surface area contributed by atoms with Gasteiger partial charge in [-0.25, -0.2) is 9.18 Å². The molecule has 1 aliphatic carbocycles. The summed E-state index contributed by atoms with van der Waals surface area (Å²) in [4.78, 5) is 31.9. The molecule has 210 valence electrons. The van der Waals surface area contributed by atoms with E-state index < -0.39 is 17.5 Å². The lowest BCUT2D eigenvalue weighted by atomic mass is 9.69. The number of benzene rings is 4. The van der Waals surface area contributed by atoms with E-state index in [-0.39, 0.29) is 11.7 Å². The molecule has 4 aromatic carbocycles. The van der Waals surface area contributed by atoms with Crippen LogP contribution in [0.5, 0.6) is 5.75 Å². The molecule has 0 saturated carbocycles. The second-order valence-electron chi connectivity index (χ2n) is 10.8. The molecule has 42 heavy (non-hydrogen) atoms. The summed E-state index contributed by atoms with van der Waals surface area (Å²) in [6.45, 7) is 2.38. The lowest BCUT2D eigenvalue weighted by Gasteiger charge is -2.41. The number of carbonyl (C=O) groups is 1. The van der Waals surface area contributed by atoms with Gasteiger partial charge in [0.15, 0.2) is 0 Å². The highest BCUT2D eigenvalue weighted by Gasteiger charge is 2.43. The average molecular weight is 561 g/mol. The molecule has 2 aliphatic rings. The van der Waals surface area contributed by atoms with E-state index in [4.69, 9.17) is 9.15 Å².